The Morgan fingerprint density at radius 3 is 2.29 bits per heavy atom. The minimum absolute atomic E-state index is 0.115. The summed E-state index contributed by atoms with van der Waals surface area (Å²) >= 11 is 0. The lowest BCUT2D eigenvalue weighted by molar-refractivity contribution is 0.583. The standard InChI is InChI=1S/C15H24N2/c1-15(2,3)12-6-4-11(5-7-12)14(16)10-17-13-8-9-13/h4-7,13-14,17H,8-10,16H2,1-3H3. The SMILES string of the molecule is CC(C)(C)c1ccc(C(N)CNC2CC2)cc1. The van der Waals surface area contributed by atoms with Crippen molar-refractivity contribution in [1.82, 2.24) is 5.32 Å². The fourth-order valence-corrected chi connectivity index (χ4v) is 1.93. The summed E-state index contributed by atoms with van der Waals surface area (Å²) in [4.78, 5) is 0. The minimum atomic E-state index is 0.115. The zero-order valence-electron chi connectivity index (χ0n) is 11.2. The molecule has 3 N–H and O–H groups in total. The van der Waals surface area contributed by atoms with E-state index < -0.39 is 0 Å². The molecule has 0 aromatic heterocycles. The van der Waals surface area contributed by atoms with Crippen molar-refractivity contribution in [3.63, 3.8) is 0 Å². The highest BCUT2D eigenvalue weighted by Gasteiger charge is 2.21. The normalized spacial score (nSPS) is 18.1. The summed E-state index contributed by atoms with van der Waals surface area (Å²) in [5.74, 6) is 0. The van der Waals surface area contributed by atoms with Gasteiger partial charge in [-0.05, 0) is 29.4 Å². The van der Waals surface area contributed by atoms with Crippen LogP contribution in [0.5, 0.6) is 0 Å². The smallest absolute Gasteiger partial charge is 0.0421 e. The quantitative estimate of drug-likeness (QED) is 0.837. The molecule has 1 aliphatic rings. The number of rotatable bonds is 4. The first-order chi connectivity index (χ1) is 7.97. The van der Waals surface area contributed by atoms with Crippen LogP contribution >= 0.6 is 0 Å². The second-order valence-corrected chi connectivity index (χ2v) is 6.16. The molecule has 94 valence electrons. The van der Waals surface area contributed by atoms with Crippen molar-refractivity contribution in [2.45, 2.75) is 51.1 Å². The summed E-state index contributed by atoms with van der Waals surface area (Å²) < 4.78 is 0. The zero-order valence-corrected chi connectivity index (χ0v) is 11.2. The first-order valence-corrected chi connectivity index (χ1v) is 6.56. The third-order valence-electron chi connectivity index (χ3n) is 3.41. The monoisotopic (exact) mass is 232 g/mol. The van der Waals surface area contributed by atoms with Gasteiger partial charge in [0.15, 0.2) is 0 Å². The molecule has 2 nitrogen and oxygen atoms in total. The number of hydrogen-bond donors (Lipinski definition) is 2. The van der Waals surface area contributed by atoms with Crippen LogP contribution in [0.25, 0.3) is 0 Å². The van der Waals surface area contributed by atoms with Crippen molar-refractivity contribution < 1.29 is 0 Å². The molecule has 1 unspecified atom stereocenters. The third kappa shape index (κ3) is 3.55. The second kappa shape index (κ2) is 4.79. The maximum Gasteiger partial charge on any atom is 0.0421 e. The number of benzene rings is 1. The summed E-state index contributed by atoms with van der Waals surface area (Å²) in [5.41, 5.74) is 8.98. The molecule has 0 amide bonds. The highest BCUT2D eigenvalue weighted by molar-refractivity contribution is 5.29. The number of nitrogens with two attached hydrogens (primary N) is 1. The Kier molecular flexibility index (Phi) is 3.55. The number of nitrogens with one attached hydrogen (secondary N) is 1. The lowest BCUT2D eigenvalue weighted by Gasteiger charge is -2.20. The summed E-state index contributed by atoms with van der Waals surface area (Å²) in [6.45, 7) is 7.59. The molecule has 1 fully saturated rings. The van der Waals surface area contributed by atoms with Crippen molar-refractivity contribution in [2.24, 2.45) is 5.73 Å². The van der Waals surface area contributed by atoms with E-state index in [9.17, 15) is 0 Å². The van der Waals surface area contributed by atoms with Gasteiger partial charge in [0, 0.05) is 18.6 Å². The molecule has 0 radical (unpaired) electrons. The van der Waals surface area contributed by atoms with Gasteiger partial charge in [-0.3, -0.25) is 0 Å². The largest absolute Gasteiger partial charge is 0.323 e. The molecule has 1 aromatic rings. The van der Waals surface area contributed by atoms with E-state index >= 15 is 0 Å². The molecular formula is C15H24N2. The second-order valence-electron chi connectivity index (χ2n) is 6.16. The molecule has 1 atom stereocenters. The maximum atomic E-state index is 6.17. The van der Waals surface area contributed by atoms with Crippen molar-refractivity contribution >= 4 is 0 Å². The van der Waals surface area contributed by atoms with Gasteiger partial charge >= 0.3 is 0 Å². The van der Waals surface area contributed by atoms with Gasteiger partial charge < -0.3 is 11.1 Å². The Balaban J connectivity index is 1.96. The highest BCUT2D eigenvalue weighted by atomic mass is 15.0. The van der Waals surface area contributed by atoms with E-state index in [2.05, 4.69) is 50.4 Å². The van der Waals surface area contributed by atoms with Gasteiger partial charge in [-0.15, -0.1) is 0 Å². The summed E-state index contributed by atoms with van der Waals surface area (Å²) in [6.07, 6.45) is 2.63. The van der Waals surface area contributed by atoms with Crippen LogP contribution in [0.3, 0.4) is 0 Å². The third-order valence-corrected chi connectivity index (χ3v) is 3.41. The lowest BCUT2D eigenvalue weighted by Crippen LogP contribution is -2.28. The molecule has 0 heterocycles. The molecule has 0 bridgehead atoms. The van der Waals surface area contributed by atoms with Crippen LogP contribution in [0.15, 0.2) is 24.3 Å². The van der Waals surface area contributed by atoms with Crippen LogP contribution in [0, 0.1) is 0 Å². The fraction of sp³-hybridized carbons (Fsp3) is 0.600. The Bertz CT molecular complexity index is 358. The molecule has 0 spiro atoms. The van der Waals surface area contributed by atoms with Crippen molar-refractivity contribution in [3.05, 3.63) is 35.4 Å². The van der Waals surface area contributed by atoms with Crippen LogP contribution in [0.4, 0.5) is 0 Å². The summed E-state index contributed by atoms with van der Waals surface area (Å²) in [5, 5.41) is 3.47. The molecular weight excluding hydrogens is 208 g/mol. The Morgan fingerprint density at radius 1 is 1.24 bits per heavy atom. The van der Waals surface area contributed by atoms with E-state index in [1.165, 1.54) is 24.0 Å². The van der Waals surface area contributed by atoms with Crippen LogP contribution < -0.4 is 11.1 Å². The van der Waals surface area contributed by atoms with Crippen LogP contribution in [-0.4, -0.2) is 12.6 Å². The van der Waals surface area contributed by atoms with Crippen LogP contribution in [0.1, 0.15) is 50.8 Å². The van der Waals surface area contributed by atoms with Crippen molar-refractivity contribution in [3.8, 4) is 0 Å². The first kappa shape index (κ1) is 12.6. The van der Waals surface area contributed by atoms with Crippen molar-refractivity contribution in [1.29, 1.82) is 0 Å². The topological polar surface area (TPSA) is 38.0 Å². The number of hydrogen-bond acceptors (Lipinski definition) is 2. The van der Waals surface area contributed by atoms with Gasteiger partial charge in [0.25, 0.3) is 0 Å². The van der Waals surface area contributed by atoms with Gasteiger partial charge in [0.1, 0.15) is 0 Å². The Hall–Kier alpha value is -0.860. The summed E-state index contributed by atoms with van der Waals surface area (Å²) in [7, 11) is 0. The lowest BCUT2D eigenvalue weighted by atomic mass is 9.86. The highest BCUT2D eigenvalue weighted by Crippen LogP contribution is 2.24. The van der Waals surface area contributed by atoms with Gasteiger partial charge in [-0.1, -0.05) is 45.0 Å². The average molecular weight is 232 g/mol. The molecule has 0 aliphatic heterocycles. The van der Waals surface area contributed by atoms with E-state index in [0.717, 1.165) is 12.6 Å². The average Bonchev–Trinajstić information content (AvgIpc) is 3.09. The maximum absolute atomic E-state index is 6.17. The van der Waals surface area contributed by atoms with E-state index in [4.69, 9.17) is 5.73 Å². The van der Waals surface area contributed by atoms with E-state index in [0.29, 0.717) is 0 Å². The fourth-order valence-electron chi connectivity index (χ4n) is 1.93. The predicted molar refractivity (Wildman–Crippen MR) is 73.1 cm³/mol. The van der Waals surface area contributed by atoms with Crippen LogP contribution in [-0.2, 0) is 5.41 Å². The predicted octanol–water partition coefficient (Wildman–Crippen LogP) is 2.74. The van der Waals surface area contributed by atoms with Gasteiger partial charge in [0.2, 0.25) is 0 Å². The van der Waals surface area contributed by atoms with Gasteiger partial charge in [0.05, 0.1) is 0 Å². The summed E-state index contributed by atoms with van der Waals surface area (Å²) in [6, 6.07) is 9.58. The Labute approximate surface area is 105 Å². The molecule has 1 aromatic carbocycles. The Morgan fingerprint density at radius 2 is 1.82 bits per heavy atom. The molecule has 1 saturated carbocycles. The first-order valence-electron chi connectivity index (χ1n) is 6.56. The molecule has 17 heavy (non-hydrogen) atoms. The van der Waals surface area contributed by atoms with E-state index in [1.54, 1.807) is 0 Å². The molecule has 0 saturated heterocycles. The molecule has 2 heteroatoms. The van der Waals surface area contributed by atoms with E-state index in [-0.39, 0.29) is 11.5 Å². The molecule has 1 aliphatic carbocycles. The molecule has 2 rings (SSSR count). The zero-order chi connectivity index (χ0) is 12.5. The van der Waals surface area contributed by atoms with Gasteiger partial charge in [-0.2, -0.15) is 0 Å². The van der Waals surface area contributed by atoms with E-state index in [1.807, 2.05) is 0 Å². The minimum Gasteiger partial charge on any atom is -0.323 e. The van der Waals surface area contributed by atoms with Crippen molar-refractivity contribution in [2.75, 3.05) is 6.54 Å². The van der Waals surface area contributed by atoms with Crippen LogP contribution in [0.2, 0.25) is 0 Å². The van der Waals surface area contributed by atoms with Gasteiger partial charge in [-0.25, -0.2) is 0 Å².